The Morgan fingerprint density at radius 3 is 2.44 bits per heavy atom. The Morgan fingerprint density at radius 1 is 1.39 bits per heavy atom. The number of carbonyl (C=O) groups is 2. The molecule has 0 aromatic carbocycles. The molecule has 0 radical (unpaired) electrons. The number of ether oxygens (including phenoxy) is 1. The predicted octanol–water partition coefficient (Wildman–Crippen LogP) is 2.42. The third kappa shape index (κ3) is 6.93. The highest BCUT2D eigenvalue weighted by atomic mass is 16.5. The minimum absolute atomic E-state index is 0.185. The van der Waals surface area contributed by atoms with Gasteiger partial charge < -0.3 is 15.2 Å². The van der Waals surface area contributed by atoms with Crippen LogP contribution in [0.15, 0.2) is 12.7 Å². The minimum Gasteiger partial charge on any atom is -0.480 e. The molecule has 0 aliphatic carbocycles. The maximum Gasteiger partial charge on any atom is 0.407 e. The number of hydrogen-bond donors (Lipinski definition) is 2. The first-order chi connectivity index (χ1) is 8.38. The second-order valence-corrected chi connectivity index (χ2v) is 4.76. The van der Waals surface area contributed by atoms with Crippen LogP contribution in [0.25, 0.3) is 0 Å². The third-order valence-electron chi connectivity index (χ3n) is 2.62. The van der Waals surface area contributed by atoms with E-state index in [1.807, 2.05) is 13.0 Å². The van der Waals surface area contributed by atoms with E-state index >= 15 is 0 Å². The van der Waals surface area contributed by atoms with Crippen molar-refractivity contribution in [3.05, 3.63) is 12.7 Å². The van der Waals surface area contributed by atoms with E-state index in [1.165, 1.54) is 0 Å². The maximum atomic E-state index is 11.4. The van der Waals surface area contributed by atoms with Crippen LogP contribution in [0.4, 0.5) is 4.79 Å². The van der Waals surface area contributed by atoms with Crippen LogP contribution >= 0.6 is 0 Å². The summed E-state index contributed by atoms with van der Waals surface area (Å²) in [7, 11) is 0. The van der Waals surface area contributed by atoms with Crippen molar-refractivity contribution in [2.24, 2.45) is 11.8 Å². The first-order valence-electron chi connectivity index (χ1n) is 6.15. The predicted molar refractivity (Wildman–Crippen MR) is 69.3 cm³/mol. The van der Waals surface area contributed by atoms with Crippen molar-refractivity contribution in [3.63, 3.8) is 0 Å². The van der Waals surface area contributed by atoms with Gasteiger partial charge in [0.05, 0.1) is 6.61 Å². The van der Waals surface area contributed by atoms with Gasteiger partial charge in [-0.2, -0.15) is 0 Å². The quantitative estimate of drug-likeness (QED) is 0.655. The summed E-state index contributed by atoms with van der Waals surface area (Å²) in [5.41, 5.74) is 0. The van der Waals surface area contributed by atoms with Crippen LogP contribution in [0.5, 0.6) is 0 Å². The SMILES string of the molecule is C=CCC(C)CCOC(=O)N[C@H](C(=O)O)C(C)C. The number of aliphatic carboxylic acids is 1. The number of allylic oxidation sites excluding steroid dienone is 1. The van der Waals surface area contributed by atoms with Crippen LogP contribution in [-0.4, -0.2) is 29.8 Å². The molecule has 0 rings (SSSR count). The highest BCUT2D eigenvalue weighted by Crippen LogP contribution is 2.08. The van der Waals surface area contributed by atoms with Crippen LogP contribution < -0.4 is 5.32 Å². The lowest BCUT2D eigenvalue weighted by Crippen LogP contribution is -2.44. The number of rotatable bonds is 8. The Morgan fingerprint density at radius 2 is 2.00 bits per heavy atom. The number of nitrogens with one attached hydrogen (secondary N) is 1. The van der Waals surface area contributed by atoms with Gasteiger partial charge in [-0.1, -0.05) is 26.8 Å². The van der Waals surface area contributed by atoms with Crippen molar-refractivity contribution in [3.8, 4) is 0 Å². The van der Waals surface area contributed by atoms with Gasteiger partial charge in [-0.3, -0.25) is 0 Å². The number of hydrogen-bond acceptors (Lipinski definition) is 3. The van der Waals surface area contributed by atoms with E-state index in [0.717, 1.165) is 12.8 Å². The minimum atomic E-state index is -1.05. The van der Waals surface area contributed by atoms with Crippen LogP contribution in [0.3, 0.4) is 0 Å². The first-order valence-corrected chi connectivity index (χ1v) is 6.15. The summed E-state index contributed by atoms with van der Waals surface area (Å²) in [6.07, 6.45) is 2.75. The van der Waals surface area contributed by atoms with E-state index in [9.17, 15) is 9.59 Å². The lowest BCUT2D eigenvalue weighted by Gasteiger charge is -2.18. The van der Waals surface area contributed by atoms with Gasteiger partial charge in [-0.25, -0.2) is 9.59 Å². The molecule has 0 heterocycles. The number of carboxylic acids is 1. The monoisotopic (exact) mass is 257 g/mol. The molecule has 5 nitrogen and oxygen atoms in total. The largest absolute Gasteiger partial charge is 0.480 e. The Labute approximate surface area is 108 Å². The zero-order valence-electron chi connectivity index (χ0n) is 11.3. The fraction of sp³-hybridized carbons (Fsp3) is 0.692. The highest BCUT2D eigenvalue weighted by molar-refractivity contribution is 5.80. The molecule has 2 N–H and O–H groups in total. The highest BCUT2D eigenvalue weighted by Gasteiger charge is 2.23. The summed E-state index contributed by atoms with van der Waals surface area (Å²) in [6.45, 7) is 9.41. The molecule has 0 aromatic heterocycles. The van der Waals surface area contributed by atoms with Gasteiger partial charge in [0.25, 0.3) is 0 Å². The molecular formula is C13H23NO4. The molecular weight excluding hydrogens is 234 g/mol. The fourth-order valence-corrected chi connectivity index (χ4v) is 1.44. The molecule has 0 saturated carbocycles. The Bertz CT molecular complexity index is 289. The maximum absolute atomic E-state index is 11.4. The molecule has 1 unspecified atom stereocenters. The smallest absolute Gasteiger partial charge is 0.407 e. The number of carboxylic acid groups (broad SMARTS) is 1. The number of amides is 1. The van der Waals surface area contributed by atoms with Gasteiger partial charge in [0.1, 0.15) is 6.04 Å². The van der Waals surface area contributed by atoms with E-state index in [-0.39, 0.29) is 12.5 Å². The molecule has 5 heteroatoms. The van der Waals surface area contributed by atoms with Gasteiger partial charge in [0.2, 0.25) is 0 Å². The van der Waals surface area contributed by atoms with Gasteiger partial charge in [-0.15, -0.1) is 6.58 Å². The summed E-state index contributed by atoms with van der Waals surface area (Å²) >= 11 is 0. The van der Waals surface area contributed by atoms with E-state index in [2.05, 4.69) is 11.9 Å². The van der Waals surface area contributed by atoms with Crippen LogP contribution in [-0.2, 0) is 9.53 Å². The molecule has 0 aliphatic heterocycles. The number of carbonyl (C=O) groups excluding carboxylic acids is 1. The topological polar surface area (TPSA) is 75.6 Å². The Balaban J connectivity index is 3.96. The second kappa shape index (κ2) is 8.55. The molecule has 104 valence electrons. The Hall–Kier alpha value is -1.52. The van der Waals surface area contributed by atoms with E-state index in [1.54, 1.807) is 13.8 Å². The van der Waals surface area contributed by atoms with Crippen LogP contribution in [0.2, 0.25) is 0 Å². The van der Waals surface area contributed by atoms with Crippen molar-refractivity contribution in [1.82, 2.24) is 5.32 Å². The molecule has 0 spiro atoms. The van der Waals surface area contributed by atoms with E-state index < -0.39 is 18.1 Å². The van der Waals surface area contributed by atoms with E-state index in [4.69, 9.17) is 9.84 Å². The van der Waals surface area contributed by atoms with Gasteiger partial charge in [0.15, 0.2) is 0 Å². The lowest BCUT2D eigenvalue weighted by atomic mass is 10.1. The van der Waals surface area contributed by atoms with Crippen LogP contribution in [0, 0.1) is 11.8 Å². The molecule has 2 atom stereocenters. The summed E-state index contributed by atoms with van der Waals surface area (Å²) in [5.74, 6) is -0.840. The summed E-state index contributed by atoms with van der Waals surface area (Å²) in [5, 5.41) is 11.2. The molecule has 0 aromatic rings. The summed E-state index contributed by atoms with van der Waals surface area (Å²) < 4.78 is 4.94. The van der Waals surface area contributed by atoms with Crippen molar-refractivity contribution < 1.29 is 19.4 Å². The Kier molecular flexibility index (Phi) is 7.83. The molecule has 0 saturated heterocycles. The average Bonchev–Trinajstić information content (AvgIpc) is 2.25. The molecule has 18 heavy (non-hydrogen) atoms. The zero-order valence-corrected chi connectivity index (χ0v) is 11.3. The summed E-state index contributed by atoms with van der Waals surface area (Å²) in [4.78, 5) is 22.2. The molecule has 0 bridgehead atoms. The standard InChI is InChI=1S/C13H23NO4/c1-5-6-10(4)7-8-18-13(17)14-11(9(2)3)12(15)16/h5,9-11H,1,6-8H2,2-4H3,(H,14,17)(H,15,16)/t10?,11-/m0/s1. The first kappa shape index (κ1) is 16.5. The van der Waals surface area contributed by atoms with Crippen molar-refractivity contribution in [2.75, 3.05) is 6.61 Å². The fourth-order valence-electron chi connectivity index (χ4n) is 1.44. The van der Waals surface area contributed by atoms with Crippen molar-refractivity contribution in [1.29, 1.82) is 0 Å². The second-order valence-electron chi connectivity index (χ2n) is 4.76. The molecule has 0 fully saturated rings. The third-order valence-corrected chi connectivity index (χ3v) is 2.62. The van der Waals surface area contributed by atoms with Gasteiger partial charge in [0, 0.05) is 0 Å². The van der Waals surface area contributed by atoms with Gasteiger partial charge in [-0.05, 0) is 24.7 Å². The van der Waals surface area contributed by atoms with Gasteiger partial charge >= 0.3 is 12.1 Å². The molecule has 0 aliphatic rings. The van der Waals surface area contributed by atoms with Crippen molar-refractivity contribution in [2.45, 2.75) is 39.7 Å². The number of alkyl carbamates (subject to hydrolysis) is 1. The lowest BCUT2D eigenvalue weighted by molar-refractivity contribution is -0.140. The summed E-state index contributed by atoms with van der Waals surface area (Å²) in [6, 6.07) is -0.914. The normalized spacial score (nSPS) is 13.8. The zero-order chi connectivity index (χ0) is 14.1. The van der Waals surface area contributed by atoms with Crippen molar-refractivity contribution >= 4 is 12.1 Å². The average molecular weight is 257 g/mol. The molecule has 1 amide bonds. The van der Waals surface area contributed by atoms with E-state index in [0.29, 0.717) is 5.92 Å². The van der Waals surface area contributed by atoms with Crippen LogP contribution in [0.1, 0.15) is 33.6 Å².